The van der Waals surface area contributed by atoms with E-state index in [1.807, 2.05) is 0 Å². The van der Waals surface area contributed by atoms with Crippen LogP contribution in [0.15, 0.2) is 23.1 Å². The van der Waals surface area contributed by atoms with Crippen molar-refractivity contribution >= 4 is 16.6 Å². The molecule has 0 radical (unpaired) electrons. The second kappa shape index (κ2) is 5.47. The van der Waals surface area contributed by atoms with Crippen molar-refractivity contribution in [1.82, 2.24) is 0 Å². The van der Waals surface area contributed by atoms with Gasteiger partial charge in [-0.2, -0.15) is 8.42 Å². The molecule has 0 atom stereocenters. The number of carbonyl (C=O) groups is 1. The van der Waals surface area contributed by atoms with Gasteiger partial charge in [0.25, 0.3) is 16.6 Å². The van der Waals surface area contributed by atoms with Crippen LogP contribution in [-0.4, -0.2) is 24.5 Å². The number of benzene rings is 1. The molecule has 15 heavy (non-hydrogen) atoms. The molecule has 84 valence electrons. The zero-order valence-corrected chi connectivity index (χ0v) is 9.15. The van der Waals surface area contributed by atoms with E-state index in [0.717, 1.165) is 5.56 Å². The van der Waals surface area contributed by atoms with Gasteiger partial charge in [0.2, 0.25) is 0 Å². The standard InChI is InChI=1S/C8H10O3S.CH2O2/c1-6-4-3-5-8(7(6)2)12(9,10)11;2-1-3/h3-5H,1-2H3,(H,9,10,11);1H,(H,2,3). The molecule has 1 aromatic carbocycles. The van der Waals surface area contributed by atoms with Crippen molar-refractivity contribution in [3.63, 3.8) is 0 Å². The Balaban J connectivity index is 0.000000583. The summed E-state index contributed by atoms with van der Waals surface area (Å²) in [6.07, 6.45) is 0. The van der Waals surface area contributed by atoms with E-state index in [1.54, 1.807) is 26.0 Å². The van der Waals surface area contributed by atoms with Crippen LogP contribution in [0.5, 0.6) is 0 Å². The Morgan fingerprint density at radius 3 is 2.07 bits per heavy atom. The summed E-state index contributed by atoms with van der Waals surface area (Å²) in [6, 6.07) is 4.78. The molecule has 0 fully saturated rings. The normalized spacial score (nSPS) is 10.1. The van der Waals surface area contributed by atoms with Gasteiger partial charge in [0.15, 0.2) is 0 Å². The molecular formula is C9H12O5S. The number of hydrogen-bond acceptors (Lipinski definition) is 3. The van der Waals surface area contributed by atoms with Gasteiger partial charge in [-0.05, 0) is 31.0 Å². The maximum absolute atomic E-state index is 10.8. The van der Waals surface area contributed by atoms with E-state index in [9.17, 15) is 8.42 Å². The summed E-state index contributed by atoms with van der Waals surface area (Å²) < 4.78 is 30.3. The van der Waals surface area contributed by atoms with Crippen LogP contribution in [-0.2, 0) is 14.9 Å². The zero-order valence-electron chi connectivity index (χ0n) is 8.34. The van der Waals surface area contributed by atoms with Crippen LogP contribution in [0.1, 0.15) is 11.1 Å². The summed E-state index contributed by atoms with van der Waals surface area (Å²) in [6.45, 7) is 3.21. The van der Waals surface area contributed by atoms with Crippen LogP contribution >= 0.6 is 0 Å². The first-order valence-electron chi connectivity index (χ1n) is 3.96. The molecule has 0 saturated heterocycles. The molecule has 0 saturated carbocycles. The Hall–Kier alpha value is -1.40. The van der Waals surface area contributed by atoms with E-state index in [4.69, 9.17) is 14.5 Å². The van der Waals surface area contributed by atoms with Gasteiger partial charge in [-0.3, -0.25) is 9.35 Å². The molecule has 0 amide bonds. The molecule has 0 aromatic heterocycles. The smallest absolute Gasteiger partial charge is 0.294 e. The molecule has 6 heteroatoms. The first-order chi connectivity index (χ1) is 6.84. The van der Waals surface area contributed by atoms with Crippen molar-refractivity contribution < 1.29 is 22.9 Å². The van der Waals surface area contributed by atoms with Gasteiger partial charge in [0.05, 0.1) is 4.90 Å². The fraction of sp³-hybridized carbons (Fsp3) is 0.222. The average Bonchev–Trinajstić information content (AvgIpc) is 2.09. The number of rotatable bonds is 1. The van der Waals surface area contributed by atoms with E-state index in [0.29, 0.717) is 5.56 Å². The summed E-state index contributed by atoms with van der Waals surface area (Å²) in [5, 5.41) is 6.89. The molecule has 0 aliphatic heterocycles. The van der Waals surface area contributed by atoms with Crippen LogP contribution in [0.3, 0.4) is 0 Å². The fourth-order valence-electron chi connectivity index (χ4n) is 1.00. The molecule has 0 aliphatic carbocycles. The van der Waals surface area contributed by atoms with Gasteiger partial charge in [-0.25, -0.2) is 0 Å². The third kappa shape index (κ3) is 4.09. The minimum atomic E-state index is -4.06. The lowest BCUT2D eigenvalue weighted by Gasteiger charge is -2.03. The SMILES string of the molecule is Cc1cccc(S(=O)(=O)O)c1C.O=CO. The lowest BCUT2D eigenvalue weighted by atomic mass is 10.1. The molecule has 1 aromatic rings. The lowest BCUT2D eigenvalue weighted by molar-refractivity contribution is -0.122. The molecule has 0 bridgehead atoms. The van der Waals surface area contributed by atoms with E-state index in [1.165, 1.54) is 6.07 Å². The number of aryl methyl sites for hydroxylation is 1. The van der Waals surface area contributed by atoms with Gasteiger partial charge in [-0.15, -0.1) is 0 Å². The second-order valence-electron chi connectivity index (χ2n) is 2.78. The highest BCUT2D eigenvalue weighted by molar-refractivity contribution is 7.85. The molecular weight excluding hydrogens is 220 g/mol. The molecule has 0 unspecified atom stereocenters. The first kappa shape index (κ1) is 13.6. The summed E-state index contributed by atoms with van der Waals surface area (Å²) >= 11 is 0. The van der Waals surface area contributed by atoms with Crippen LogP contribution in [0.2, 0.25) is 0 Å². The largest absolute Gasteiger partial charge is 0.483 e. The minimum Gasteiger partial charge on any atom is -0.483 e. The average molecular weight is 232 g/mol. The van der Waals surface area contributed by atoms with Crippen molar-refractivity contribution in [1.29, 1.82) is 0 Å². The molecule has 1 rings (SSSR count). The van der Waals surface area contributed by atoms with Crippen molar-refractivity contribution in [2.45, 2.75) is 18.7 Å². The first-order valence-corrected chi connectivity index (χ1v) is 5.40. The topological polar surface area (TPSA) is 91.7 Å². The van der Waals surface area contributed by atoms with Crippen molar-refractivity contribution in [3.8, 4) is 0 Å². The quantitative estimate of drug-likeness (QED) is 0.561. The van der Waals surface area contributed by atoms with Crippen molar-refractivity contribution in [2.24, 2.45) is 0 Å². The van der Waals surface area contributed by atoms with Gasteiger partial charge >= 0.3 is 0 Å². The van der Waals surface area contributed by atoms with Gasteiger partial charge < -0.3 is 5.11 Å². The third-order valence-electron chi connectivity index (χ3n) is 1.83. The predicted molar refractivity (Wildman–Crippen MR) is 54.4 cm³/mol. The summed E-state index contributed by atoms with van der Waals surface area (Å²) in [7, 11) is -4.06. The molecule has 0 spiro atoms. The highest BCUT2D eigenvalue weighted by atomic mass is 32.2. The number of carboxylic acid groups (broad SMARTS) is 1. The molecule has 0 aliphatic rings. The summed E-state index contributed by atoms with van der Waals surface area (Å²) in [4.78, 5) is 8.35. The van der Waals surface area contributed by atoms with Crippen molar-refractivity contribution in [2.75, 3.05) is 0 Å². The Morgan fingerprint density at radius 1 is 1.27 bits per heavy atom. The monoisotopic (exact) mass is 232 g/mol. The second-order valence-corrected chi connectivity index (χ2v) is 4.17. The molecule has 5 nitrogen and oxygen atoms in total. The van der Waals surface area contributed by atoms with Crippen LogP contribution in [0.25, 0.3) is 0 Å². The van der Waals surface area contributed by atoms with Crippen LogP contribution < -0.4 is 0 Å². The predicted octanol–water partition coefficient (Wildman–Crippen LogP) is 1.25. The van der Waals surface area contributed by atoms with Crippen molar-refractivity contribution in [3.05, 3.63) is 29.3 Å². The van der Waals surface area contributed by atoms with Gasteiger partial charge in [0, 0.05) is 0 Å². The Bertz CT molecular complexity index is 436. The van der Waals surface area contributed by atoms with E-state index in [2.05, 4.69) is 0 Å². The van der Waals surface area contributed by atoms with Crippen LogP contribution in [0.4, 0.5) is 0 Å². The molecule has 2 N–H and O–H groups in total. The van der Waals surface area contributed by atoms with Gasteiger partial charge in [0.1, 0.15) is 0 Å². The minimum absolute atomic E-state index is 0.0116. The Kier molecular flexibility index (Phi) is 4.96. The van der Waals surface area contributed by atoms with Crippen LogP contribution in [0, 0.1) is 13.8 Å². The highest BCUT2D eigenvalue weighted by Crippen LogP contribution is 2.17. The maximum atomic E-state index is 10.8. The fourth-order valence-corrected chi connectivity index (χ4v) is 1.80. The zero-order chi connectivity index (χ0) is 12.1. The summed E-state index contributed by atoms with van der Waals surface area (Å²) in [5.41, 5.74) is 1.45. The highest BCUT2D eigenvalue weighted by Gasteiger charge is 2.12. The van der Waals surface area contributed by atoms with E-state index >= 15 is 0 Å². The van der Waals surface area contributed by atoms with E-state index < -0.39 is 10.1 Å². The molecule has 0 heterocycles. The lowest BCUT2D eigenvalue weighted by Crippen LogP contribution is -2.01. The summed E-state index contributed by atoms with van der Waals surface area (Å²) in [5.74, 6) is 0. The Morgan fingerprint density at radius 2 is 1.73 bits per heavy atom. The Labute approximate surface area is 88.1 Å². The van der Waals surface area contributed by atoms with Gasteiger partial charge in [-0.1, -0.05) is 12.1 Å². The van der Waals surface area contributed by atoms with E-state index in [-0.39, 0.29) is 11.4 Å². The maximum Gasteiger partial charge on any atom is 0.294 e. The number of hydrogen-bond donors (Lipinski definition) is 2. The third-order valence-corrected chi connectivity index (χ3v) is 2.83.